The number of fused-ring (bicyclic) bond motifs is 1. The SMILES string of the molecule is Cc1ccc(-c2cc(N3CC4CSCCN4CC3CO)ncc2N(C)C(=O)C(C)(C)c2cc(C(F)(F)F)cc(C(F)(F)F)c2)c(C)c1. The Morgan fingerprint density at radius 3 is 2.19 bits per heavy atom. The zero-order chi connectivity index (χ0) is 34.5. The molecular weight excluding hydrogens is 642 g/mol. The van der Waals surface area contributed by atoms with Crippen molar-refractivity contribution in [3.8, 4) is 11.1 Å². The first-order valence-corrected chi connectivity index (χ1v) is 16.4. The van der Waals surface area contributed by atoms with Crippen molar-refractivity contribution in [3.05, 3.63) is 76.5 Å². The van der Waals surface area contributed by atoms with Gasteiger partial charge in [0.2, 0.25) is 5.91 Å². The number of thioether (sulfide) groups is 1. The lowest BCUT2D eigenvalue weighted by Crippen LogP contribution is -2.62. The molecule has 2 atom stereocenters. The average Bonchev–Trinajstić information content (AvgIpc) is 3.02. The van der Waals surface area contributed by atoms with Crippen LogP contribution in [-0.4, -0.2) is 77.8 Å². The van der Waals surface area contributed by atoms with Gasteiger partial charge in [0.1, 0.15) is 5.82 Å². The lowest BCUT2D eigenvalue weighted by atomic mass is 9.81. The normalized spacial score (nSPS) is 19.4. The van der Waals surface area contributed by atoms with E-state index in [1.807, 2.05) is 49.9 Å². The number of amides is 1. The zero-order valence-electron chi connectivity index (χ0n) is 26.8. The van der Waals surface area contributed by atoms with Gasteiger partial charge in [0.15, 0.2) is 0 Å². The van der Waals surface area contributed by atoms with Crippen molar-refractivity contribution in [1.29, 1.82) is 0 Å². The predicted octanol–water partition coefficient (Wildman–Crippen LogP) is 6.94. The van der Waals surface area contributed by atoms with Gasteiger partial charge in [-0.2, -0.15) is 38.1 Å². The number of hydrogen-bond donors (Lipinski definition) is 1. The molecule has 2 saturated heterocycles. The summed E-state index contributed by atoms with van der Waals surface area (Å²) in [6.07, 6.45) is -8.59. The number of anilines is 2. The third-order valence-corrected chi connectivity index (χ3v) is 10.3. The molecule has 2 aromatic carbocycles. The smallest absolute Gasteiger partial charge is 0.394 e. The Kier molecular flexibility index (Phi) is 9.66. The predicted molar refractivity (Wildman–Crippen MR) is 173 cm³/mol. The number of aliphatic hydroxyl groups is 1. The third-order valence-electron chi connectivity index (χ3n) is 9.20. The number of benzene rings is 2. The van der Waals surface area contributed by atoms with E-state index in [1.54, 1.807) is 0 Å². The summed E-state index contributed by atoms with van der Waals surface area (Å²) in [6.45, 7) is 8.69. The summed E-state index contributed by atoms with van der Waals surface area (Å²) < 4.78 is 82.2. The molecule has 1 aromatic heterocycles. The highest BCUT2D eigenvalue weighted by Crippen LogP contribution is 2.42. The molecule has 0 radical (unpaired) electrons. The van der Waals surface area contributed by atoms with Gasteiger partial charge in [0.05, 0.1) is 41.1 Å². The van der Waals surface area contributed by atoms with E-state index < -0.39 is 40.4 Å². The minimum atomic E-state index is -5.05. The number of aromatic nitrogens is 1. The number of aryl methyl sites for hydroxylation is 2. The van der Waals surface area contributed by atoms with Crippen molar-refractivity contribution < 1.29 is 36.2 Å². The van der Waals surface area contributed by atoms with Gasteiger partial charge < -0.3 is 14.9 Å². The lowest BCUT2D eigenvalue weighted by molar-refractivity contribution is -0.143. The number of pyridine rings is 1. The maximum Gasteiger partial charge on any atom is 0.416 e. The highest BCUT2D eigenvalue weighted by Gasteiger charge is 2.42. The van der Waals surface area contributed by atoms with Gasteiger partial charge in [-0.15, -0.1) is 0 Å². The molecule has 47 heavy (non-hydrogen) atoms. The van der Waals surface area contributed by atoms with E-state index >= 15 is 0 Å². The van der Waals surface area contributed by atoms with Gasteiger partial charge in [-0.05, 0) is 68.7 Å². The van der Waals surface area contributed by atoms with Crippen molar-refractivity contribution in [1.82, 2.24) is 9.88 Å². The number of alkyl halides is 6. The molecule has 2 aliphatic heterocycles. The van der Waals surface area contributed by atoms with Crippen LogP contribution in [0.15, 0.2) is 48.7 Å². The van der Waals surface area contributed by atoms with Gasteiger partial charge in [-0.1, -0.05) is 23.8 Å². The molecule has 6 nitrogen and oxygen atoms in total. The molecule has 3 heterocycles. The minimum absolute atomic E-state index is 0.0557. The summed E-state index contributed by atoms with van der Waals surface area (Å²) in [6, 6.07) is 9.01. The Hall–Kier alpha value is -3.29. The van der Waals surface area contributed by atoms with E-state index in [2.05, 4.69) is 9.80 Å². The topological polar surface area (TPSA) is 59.9 Å². The molecule has 254 valence electrons. The van der Waals surface area contributed by atoms with Crippen LogP contribution in [-0.2, 0) is 22.6 Å². The number of hydrogen-bond acceptors (Lipinski definition) is 6. The molecule has 1 amide bonds. The molecular formula is C34H38F6N4O2S. The van der Waals surface area contributed by atoms with Crippen LogP contribution in [0.25, 0.3) is 11.1 Å². The fourth-order valence-electron chi connectivity index (χ4n) is 6.44. The van der Waals surface area contributed by atoms with Crippen LogP contribution in [0.5, 0.6) is 0 Å². The number of carbonyl (C=O) groups is 1. The average molecular weight is 681 g/mol. The molecule has 1 N–H and O–H groups in total. The summed E-state index contributed by atoms with van der Waals surface area (Å²) >= 11 is 1.88. The second-order valence-electron chi connectivity index (χ2n) is 12.9. The first kappa shape index (κ1) is 35.0. The van der Waals surface area contributed by atoms with E-state index in [1.165, 1.54) is 32.0 Å². The zero-order valence-corrected chi connectivity index (χ0v) is 27.7. The molecule has 13 heteroatoms. The number of piperazine rings is 1. The number of carbonyl (C=O) groups excluding carboxylic acids is 1. The maximum absolute atomic E-state index is 14.1. The molecule has 2 unspecified atom stereocenters. The van der Waals surface area contributed by atoms with Gasteiger partial charge >= 0.3 is 12.4 Å². The third kappa shape index (κ3) is 7.12. The number of nitrogens with zero attached hydrogens (tertiary/aromatic N) is 4. The summed E-state index contributed by atoms with van der Waals surface area (Å²) in [5, 5.41) is 10.3. The van der Waals surface area contributed by atoms with E-state index in [0.717, 1.165) is 34.7 Å². The number of aliphatic hydroxyl groups excluding tert-OH is 1. The summed E-state index contributed by atoms with van der Waals surface area (Å²) in [5.41, 5.74) is -1.49. The van der Waals surface area contributed by atoms with Crippen molar-refractivity contribution in [2.75, 3.05) is 54.6 Å². The second-order valence-corrected chi connectivity index (χ2v) is 14.0. The first-order valence-electron chi connectivity index (χ1n) is 15.3. The van der Waals surface area contributed by atoms with E-state index in [0.29, 0.717) is 42.3 Å². The molecule has 0 aliphatic carbocycles. The van der Waals surface area contributed by atoms with Crippen molar-refractivity contribution in [2.45, 2.75) is 57.5 Å². The molecule has 0 bridgehead atoms. The number of halogens is 6. The Bertz CT molecular complexity index is 1610. The fraction of sp³-hybridized carbons (Fsp3) is 0.471. The first-order chi connectivity index (χ1) is 21.9. The van der Waals surface area contributed by atoms with Gasteiger partial charge in [-0.3, -0.25) is 9.69 Å². The standard InChI is InChI=1S/C34H38F6N4O2S/c1-20-6-7-27(21(2)10-20)28-14-30(44-17-26-19-47-9-8-43(26)16-25(44)18-45)41-15-29(28)42(5)31(46)32(3,4)22-11-23(33(35,36)37)13-24(12-22)34(38,39)40/h6-7,10-15,25-26,45H,8-9,16-19H2,1-5H3. The van der Waals surface area contributed by atoms with Crippen molar-refractivity contribution in [2.24, 2.45) is 0 Å². The van der Waals surface area contributed by atoms with E-state index in [9.17, 15) is 36.2 Å². The van der Waals surface area contributed by atoms with Crippen LogP contribution >= 0.6 is 11.8 Å². The monoisotopic (exact) mass is 680 g/mol. The maximum atomic E-state index is 14.1. The van der Waals surface area contributed by atoms with Crippen LogP contribution in [0.2, 0.25) is 0 Å². The largest absolute Gasteiger partial charge is 0.416 e. The van der Waals surface area contributed by atoms with Gasteiger partial charge in [-0.25, -0.2) is 4.98 Å². The molecule has 0 spiro atoms. The number of rotatable bonds is 6. The van der Waals surface area contributed by atoms with E-state index in [4.69, 9.17) is 4.98 Å². The summed E-state index contributed by atoms with van der Waals surface area (Å²) in [5.74, 6) is 1.87. The quantitative estimate of drug-likeness (QED) is 0.285. The van der Waals surface area contributed by atoms with E-state index in [-0.39, 0.29) is 24.8 Å². The Balaban J connectivity index is 1.59. The van der Waals surface area contributed by atoms with Gasteiger partial charge in [0, 0.05) is 49.8 Å². The van der Waals surface area contributed by atoms with Crippen LogP contribution in [0, 0.1) is 13.8 Å². The molecule has 3 aromatic rings. The molecule has 2 aliphatic rings. The number of likely N-dealkylation sites (N-methyl/N-ethyl adjacent to an activating group) is 1. The summed E-state index contributed by atoms with van der Waals surface area (Å²) in [7, 11) is 1.45. The fourth-order valence-corrected chi connectivity index (χ4v) is 7.56. The second kappa shape index (κ2) is 13.0. The highest BCUT2D eigenvalue weighted by atomic mass is 32.2. The van der Waals surface area contributed by atoms with Gasteiger partial charge in [0.25, 0.3) is 0 Å². The minimum Gasteiger partial charge on any atom is -0.394 e. The lowest BCUT2D eigenvalue weighted by Gasteiger charge is -2.48. The van der Waals surface area contributed by atoms with Crippen molar-refractivity contribution >= 4 is 29.2 Å². The van der Waals surface area contributed by atoms with Crippen molar-refractivity contribution in [3.63, 3.8) is 0 Å². The van der Waals surface area contributed by atoms with Crippen LogP contribution < -0.4 is 9.80 Å². The molecule has 5 rings (SSSR count). The highest BCUT2D eigenvalue weighted by molar-refractivity contribution is 7.99. The Morgan fingerprint density at radius 2 is 1.60 bits per heavy atom. The van der Waals surface area contributed by atoms with Crippen LogP contribution in [0.1, 0.15) is 41.7 Å². The van der Waals surface area contributed by atoms with Crippen LogP contribution in [0.3, 0.4) is 0 Å². The Morgan fingerprint density at radius 1 is 0.957 bits per heavy atom. The van der Waals surface area contributed by atoms with Crippen LogP contribution in [0.4, 0.5) is 37.8 Å². The molecule has 2 fully saturated rings. The Labute approximate surface area is 274 Å². The molecule has 0 saturated carbocycles. The summed E-state index contributed by atoms with van der Waals surface area (Å²) in [4.78, 5) is 24.6.